The highest BCUT2D eigenvalue weighted by Gasteiger charge is 2.40. The highest BCUT2D eigenvalue weighted by atomic mass is 16.5. The minimum absolute atomic E-state index is 0.0332. The number of benzene rings is 1. The summed E-state index contributed by atoms with van der Waals surface area (Å²) in [4.78, 5) is 25.1. The van der Waals surface area contributed by atoms with E-state index >= 15 is 0 Å². The molecule has 2 amide bonds. The van der Waals surface area contributed by atoms with Gasteiger partial charge in [0, 0.05) is 13.1 Å². The maximum absolute atomic E-state index is 12.6. The second kappa shape index (κ2) is 7.94. The zero-order chi connectivity index (χ0) is 15.9. The van der Waals surface area contributed by atoms with Gasteiger partial charge in [0.15, 0.2) is 0 Å². The Morgan fingerprint density at radius 1 is 1.36 bits per heavy atom. The number of rotatable bonds is 8. The minimum Gasteiger partial charge on any atom is -0.338 e. The van der Waals surface area contributed by atoms with E-state index in [4.69, 9.17) is 0 Å². The van der Waals surface area contributed by atoms with Gasteiger partial charge in [-0.25, -0.2) is 5.06 Å². The van der Waals surface area contributed by atoms with Crippen molar-refractivity contribution in [3.05, 3.63) is 35.9 Å². The number of unbranched alkanes of at least 4 members (excludes halogenated alkanes) is 1. The number of nitrogens with zero attached hydrogens (tertiary/aromatic N) is 2. The van der Waals surface area contributed by atoms with Gasteiger partial charge in [0.1, 0.15) is 0 Å². The molecular formula is C17H24N2O3. The predicted octanol–water partition coefficient (Wildman–Crippen LogP) is 2.30. The van der Waals surface area contributed by atoms with Crippen molar-refractivity contribution in [1.29, 1.82) is 0 Å². The average molecular weight is 304 g/mol. The summed E-state index contributed by atoms with van der Waals surface area (Å²) in [6, 6.07) is 9.89. The standard InChI is InChI=1S/C17H24N2O3/c1-2-3-9-15-11-18(10-14-7-5-4-6-8-14)17(21)16(15)12-19(22)13-20/h4-8,13,15-16,22H,2-3,9-12H2,1H3. The SMILES string of the molecule is CCCCC1CN(Cc2ccccc2)C(=O)C1CN(O)C=O. The van der Waals surface area contributed by atoms with Gasteiger partial charge >= 0.3 is 0 Å². The van der Waals surface area contributed by atoms with Gasteiger partial charge in [-0.2, -0.15) is 0 Å². The molecule has 2 unspecified atom stereocenters. The van der Waals surface area contributed by atoms with Crippen molar-refractivity contribution in [2.45, 2.75) is 32.7 Å². The molecule has 22 heavy (non-hydrogen) atoms. The molecule has 1 saturated heterocycles. The predicted molar refractivity (Wildman–Crippen MR) is 82.9 cm³/mol. The molecular weight excluding hydrogens is 280 g/mol. The molecule has 0 radical (unpaired) electrons. The molecule has 0 aromatic heterocycles. The van der Waals surface area contributed by atoms with Crippen molar-refractivity contribution < 1.29 is 14.8 Å². The minimum atomic E-state index is -0.300. The van der Waals surface area contributed by atoms with E-state index in [-0.39, 0.29) is 24.3 Å². The van der Waals surface area contributed by atoms with E-state index in [1.54, 1.807) is 0 Å². The first kappa shape index (κ1) is 16.5. The zero-order valence-electron chi connectivity index (χ0n) is 13.0. The first-order chi connectivity index (χ1) is 10.7. The van der Waals surface area contributed by atoms with Gasteiger partial charge < -0.3 is 4.90 Å². The molecule has 0 aliphatic carbocycles. The van der Waals surface area contributed by atoms with E-state index < -0.39 is 0 Å². The number of hydrogen-bond donors (Lipinski definition) is 1. The Hall–Kier alpha value is -1.88. The maximum atomic E-state index is 12.6. The quantitative estimate of drug-likeness (QED) is 0.455. The van der Waals surface area contributed by atoms with Crippen LogP contribution in [-0.4, -0.2) is 40.6 Å². The molecule has 0 spiro atoms. The van der Waals surface area contributed by atoms with Crippen LogP contribution in [0, 0.1) is 11.8 Å². The van der Waals surface area contributed by atoms with Gasteiger partial charge in [0.25, 0.3) is 0 Å². The summed E-state index contributed by atoms with van der Waals surface area (Å²) in [5.74, 6) is -0.0675. The summed E-state index contributed by atoms with van der Waals surface area (Å²) in [6.07, 6.45) is 3.45. The largest absolute Gasteiger partial charge is 0.338 e. The number of hydrogen-bond acceptors (Lipinski definition) is 3. The number of hydroxylamine groups is 2. The van der Waals surface area contributed by atoms with Crippen molar-refractivity contribution in [2.75, 3.05) is 13.1 Å². The Kier molecular flexibility index (Phi) is 5.95. The zero-order valence-corrected chi connectivity index (χ0v) is 13.0. The average Bonchev–Trinajstić information content (AvgIpc) is 2.82. The lowest BCUT2D eigenvalue weighted by Crippen LogP contribution is -2.33. The van der Waals surface area contributed by atoms with Crippen LogP contribution in [0.2, 0.25) is 0 Å². The van der Waals surface area contributed by atoms with E-state index in [0.29, 0.717) is 24.6 Å². The van der Waals surface area contributed by atoms with Crippen molar-refractivity contribution in [3.8, 4) is 0 Å². The first-order valence-corrected chi connectivity index (χ1v) is 7.89. The van der Waals surface area contributed by atoms with Gasteiger partial charge in [0.2, 0.25) is 12.3 Å². The number of amides is 2. The van der Waals surface area contributed by atoms with Crippen LogP contribution < -0.4 is 0 Å². The highest BCUT2D eigenvalue weighted by Crippen LogP contribution is 2.30. The molecule has 2 atom stereocenters. The lowest BCUT2D eigenvalue weighted by Gasteiger charge is -2.19. The van der Waals surface area contributed by atoms with Crippen LogP contribution in [0.25, 0.3) is 0 Å². The van der Waals surface area contributed by atoms with Crippen LogP contribution in [0.15, 0.2) is 30.3 Å². The van der Waals surface area contributed by atoms with Gasteiger partial charge in [0.05, 0.1) is 12.5 Å². The molecule has 120 valence electrons. The van der Waals surface area contributed by atoms with Gasteiger partial charge in [-0.15, -0.1) is 0 Å². The molecule has 5 heteroatoms. The van der Waals surface area contributed by atoms with Crippen molar-refractivity contribution in [3.63, 3.8) is 0 Å². The van der Waals surface area contributed by atoms with E-state index in [1.165, 1.54) is 0 Å². The monoisotopic (exact) mass is 304 g/mol. The number of carbonyl (C=O) groups is 2. The van der Waals surface area contributed by atoms with E-state index in [0.717, 1.165) is 24.8 Å². The second-order valence-electron chi connectivity index (χ2n) is 5.94. The van der Waals surface area contributed by atoms with Crippen LogP contribution in [0.3, 0.4) is 0 Å². The fraction of sp³-hybridized carbons (Fsp3) is 0.529. The summed E-state index contributed by atoms with van der Waals surface area (Å²) in [7, 11) is 0. The molecule has 1 aliphatic rings. The third-order valence-electron chi connectivity index (χ3n) is 4.30. The van der Waals surface area contributed by atoms with E-state index in [9.17, 15) is 14.8 Å². The van der Waals surface area contributed by atoms with Crippen molar-refractivity contribution >= 4 is 12.3 Å². The Labute approximate surface area is 131 Å². The third kappa shape index (κ3) is 4.07. The molecule has 1 N–H and O–H groups in total. The van der Waals surface area contributed by atoms with Crippen LogP contribution in [0.5, 0.6) is 0 Å². The van der Waals surface area contributed by atoms with Crippen LogP contribution in [0.4, 0.5) is 0 Å². The van der Waals surface area contributed by atoms with E-state index in [2.05, 4.69) is 6.92 Å². The molecule has 1 aromatic carbocycles. The topological polar surface area (TPSA) is 60.9 Å². The third-order valence-corrected chi connectivity index (χ3v) is 4.30. The van der Waals surface area contributed by atoms with Crippen LogP contribution in [0.1, 0.15) is 31.7 Å². The number of carbonyl (C=O) groups excluding carboxylic acids is 2. The summed E-state index contributed by atoms with van der Waals surface area (Å²) in [5, 5.41) is 10.0. The Balaban J connectivity index is 2.06. The molecule has 2 rings (SSSR count). The lowest BCUT2D eigenvalue weighted by molar-refractivity contribution is -0.155. The molecule has 0 saturated carbocycles. The maximum Gasteiger partial charge on any atom is 0.233 e. The van der Waals surface area contributed by atoms with Crippen LogP contribution in [-0.2, 0) is 16.1 Å². The summed E-state index contributed by atoms with van der Waals surface area (Å²) >= 11 is 0. The normalized spacial score (nSPS) is 21.2. The fourth-order valence-corrected chi connectivity index (χ4v) is 3.11. The Bertz CT molecular complexity index is 492. The van der Waals surface area contributed by atoms with Gasteiger partial charge in [-0.05, 0) is 17.9 Å². The molecule has 1 aromatic rings. The summed E-state index contributed by atoms with van der Waals surface area (Å²) < 4.78 is 0. The van der Waals surface area contributed by atoms with Gasteiger partial charge in [-0.3, -0.25) is 14.8 Å². The smallest absolute Gasteiger partial charge is 0.233 e. The highest BCUT2D eigenvalue weighted by molar-refractivity contribution is 5.81. The molecule has 5 nitrogen and oxygen atoms in total. The van der Waals surface area contributed by atoms with E-state index in [1.807, 2.05) is 35.2 Å². The second-order valence-corrected chi connectivity index (χ2v) is 5.94. The molecule has 0 bridgehead atoms. The Morgan fingerprint density at radius 2 is 2.09 bits per heavy atom. The summed E-state index contributed by atoms with van der Waals surface area (Å²) in [6.45, 7) is 3.50. The first-order valence-electron chi connectivity index (χ1n) is 7.89. The molecule has 1 aliphatic heterocycles. The van der Waals surface area contributed by atoms with Crippen molar-refractivity contribution in [1.82, 2.24) is 9.96 Å². The lowest BCUT2D eigenvalue weighted by atomic mass is 9.90. The molecule has 1 fully saturated rings. The van der Waals surface area contributed by atoms with Crippen molar-refractivity contribution in [2.24, 2.45) is 11.8 Å². The fourth-order valence-electron chi connectivity index (χ4n) is 3.11. The van der Waals surface area contributed by atoms with Gasteiger partial charge in [-0.1, -0.05) is 50.1 Å². The van der Waals surface area contributed by atoms with Crippen LogP contribution >= 0.6 is 0 Å². The summed E-state index contributed by atoms with van der Waals surface area (Å²) in [5.41, 5.74) is 1.10. The molecule has 1 heterocycles. The number of likely N-dealkylation sites (tertiary alicyclic amines) is 1. The Morgan fingerprint density at radius 3 is 2.73 bits per heavy atom.